The molecule has 1 saturated heterocycles. The summed E-state index contributed by atoms with van der Waals surface area (Å²) in [6, 6.07) is 9.32. The number of rotatable bonds is 7. The van der Waals surface area contributed by atoms with Gasteiger partial charge in [-0.3, -0.25) is 9.59 Å². The Bertz CT molecular complexity index is 585. The highest BCUT2D eigenvalue weighted by molar-refractivity contribution is 5.81. The van der Waals surface area contributed by atoms with Gasteiger partial charge in [-0.25, -0.2) is 0 Å². The van der Waals surface area contributed by atoms with Crippen LogP contribution in [-0.4, -0.2) is 49.1 Å². The average molecular weight is 372 g/mol. The van der Waals surface area contributed by atoms with Gasteiger partial charge in [0, 0.05) is 26.1 Å². The molecule has 1 aromatic carbocycles. The van der Waals surface area contributed by atoms with Crippen molar-refractivity contribution in [3.8, 4) is 5.75 Å². The van der Waals surface area contributed by atoms with Crippen molar-refractivity contribution in [2.75, 3.05) is 26.2 Å². The molecule has 1 heterocycles. The normalized spacial score (nSPS) is 15.6. The third-order valence-corrected chi connectivity index (χ3v) is 4.29. The van der Waals surface area contributed by atoms with E-state index in [9.17, 15) is 22.8 Å². The van der Waals surface area contributed by atoms with Crippen LogP contribution < -0.4 is 10.1 Å². The summed E-state index contributed by atoms with van der Waals surface area (Å²) < 4.78 is 42.7. The van der Waals surface area contributed by atoms with Crippen LogP contribution in [0.3, 0.4) is 0 Å². The zero-order chi connectivity index (χ0) is 19.0. The molecule has 0 spiro atoms. The molecule has 1 aliphatic rings. The largest absolute Gasteiger partial charge is 0.494 e. The molecule has 26 heavy (non-hydrogen) atoms. The minimum absolute atomic E-state index is 0.0732. The summed E-state index contributed by atoms with van der Waals surface area (Å²) in [5.41, 5.74) is 0. The van der Waals surface area contributed by atoms with Crippen molar-refractivity contribution in [2.45, 2.75) is 31.9 Å². The van der Waals surface area contributed by atoms with Crippen molar-refractivity contribution in [3.05, 3.63) is 30.3 Å². The Morgan fingerprint density at radius 1 is 1.15 bits per heavy atom. The number of halogens is 3. The molecular formula is C18H23F3N2O3. The number of likely N-dealkylation sites (tertiary alicyclic amines) is 1. The van der Waals surface area contributed by atoms with Crippen molar-refractivity contribution in [1.29, 1.82) is 0 Å². The number of hydrogen-bond acceptors (Lipinski definition) is 3. The summed E-state index contributed by atoms with van der Waals surface area (Å²) in [5.74, 6) is -1.03. The van der Waals surface area contributed by atoms with Crippen LogP contribution in [-0.2, 0) is 9.59 Å². The van der Waals surface area contributed by atoms with Gasteiger partial charge in [-0.1, -0.05) is 18.2 Å². The maximum atomic E-state index is 12.4. The molecule has 2 rings (SSSR count). The molecule has 0 aromatic heterocycles. The summed E-state index contributed by atoms with van der Waals surface area (Å²) in [6.45, 7) is 1.01. The van der Waals surface area contributed by atoms with Gasteiger partial charge in [-0.2, -0.15) is 13.2 Å². The number of piperidine rings is 1. The number of carbonyl (C=O) groups is 2. The third kappa shape index (κ3) is 6.57. The fourth-order valence-corrected chi connectivity index (χ4v) is 2.81. The molecule has 0 unspecified atom stereocenters. The van der Waals surface area contributed by atoms with Crippen molar-refractivity contribution in [1.82, 2.24) is 10.2 Å². The number of para-hydroxylation sites is 1. The molecule has 0 aliphatic carbocycles. The molecule has 0 saturated carbocycles. The number of benzene rings is 1. The van der Waals surface area contributed by atoms with E-state index in [1.54, 1.807) is 0 Å². The van der Waals surface area contributed by atoms with Gasteiger partial charge in [0.1, 0.15) is 5.75 Å². The summed E-state index contributed by atoms with van der Waals surface area (Å²) >= 11 is 0. The number of amides is 2. The molecule has 1 aliphatic heterocycles. The predicted molar refractivity (Wildman–Crippen MR) is 89.5 cm³/mol. The molecule has 1 fully saturated rings. The summed E-state index contributed by atoms with van der Waals surface area (Å²) in [7, 11) is 0. The van der Waals surface area contributed by atoms with Crippen LogP contribution >= 0.6 is 0 Å². The first kappa shape index (κ1) is 20.1. The Balaban J connectivity index is 1.56. The van der Waals surface area contributed by atoms with Crippen molar-refractivity contribution < 1.29 is 27.5 Å². The summed E-state index contributed by atoms with van der Waals surface area (Å²) in [6.07, 6.45) is -2.99. The van der Waals surface area contributed by atoms with Crippen LogP contribution in [0.25, 0.3) is 0 Å². The van der Waals surface area contributed by atoms with Gasteiger partial charge in [0.15, 0.2) is 0 Å². The van der Waals surface area contributed by atoms with E-state index in [1.165, 1.54) is 0 Å². The zero-order valence-electron chi connectivity index (χ0n) is 14.4. The maximum absolute atomic E-state index is 12.4. The zero-order valence-corrected chi connectivity index (χ0v) is 14.4. The molecular weight excluding hydrogens is 349 g/mol. The van der Waals surface area contributed by atoms with E-state index >= 15 is 0 Å². The monoisotopic (exact) mass is 372 g/mol. The summed E-state index contributed by atoms with van der Waals surface area (Å²) in [5, 5.41) is 2.81. The Kier molecular flexibility index (Phi) is 7.29. The first-order valence-corrected chi connectivity index (χ1v) is 8.67. The number of alkyl halides is 3. The lowest BCUT2D eigenvalue weighted by molar-refractivity contribution is -0.186. The highest BCUT2D eigenvalue weighted by Gasteiger charge is 2.43. The predicted octanol–water partition coefficient (Wildman–Crippen LogP) is 2.76. The van der Waals surface area contributed by atoms with Crippen molar-refractivity contribution in [2.24, 2.45) is 5.92 Å². The third-order valence-electron chi connectivity index (χ3n) is 4.29. The lowest BCUT2D eigenvalue weighted by Crippen LogP contribution is -2.46. The molecule has 0 atom stereocenters. The average Bonchev–Trinajstić information content (AvgIpc) is 2.63. The molecule has 5 nitrogen and oxygen atoms in total. The van der Waals surface area contributed by atoms with Crippen LogP contribution in [0.2, 0.25) is 0 Å². The molecule has 144 valence electrons. The number of carbonyl (C=O) groups excluding carboxylic acids is 2. The molecule has 1 N–H and O–H groups in total. The highest BCUT2D eigenvalue weighted by atomic mass is 19.4. The second-order valence-electron chi connectivity index (χ2n) is 6.30. The quantitative estimate of drug-likeness (QED) is 0.749. The molecule has 8 heteroatoms. The molecule has 0 radical (unpaired) electrons. The van der Waals surface area contributed by atoms with E-state index in [0.29, 0.717) is 38.8 Å². The van der Waals surface area contributed by atoms with Gasteiger partial charge in [0.25, 0.3) is 0 Å². The van der Waals surface area contributed by atoms with Gasteiger partial charge in [0.2, 0.25) is 5.91 Å². The van der Waals surface area contributed by atoms with Gasteiger partial charge in [-0.15, -0.1) is 0 Å². The smallest absolute Gasteiger partial charge is 0.471 e. The first-order chi connectivity index (χ1) is 12.4. The van der Waals surface area contributed by atoms with Crippen LogP contribution in [0.5, 0.6) is 5.75 Å². The SMILES string of the molecule is O=C(CCCOc1ccccc1)NCC1CCN(C(=O)C(F)(F)F)CC1. The second kappa shape index (κ2) is 9.45. The Morgan fingerprint density at radius 2 is 1.81 bits per heavy atom. The van der Waals surface area contributed by atoms with Crippen LogP contribution in [0.1, 0.15) is 25.7 Å². The fourth-order valence-electron chi connectivity index (χ4n) is 2.81. The van der Waals surface area contributed by atoms with Gasteiger partial charge >= 0.3 is 12.1 Å². The minimum atomic E-state index is -4.82. The fraction of sp³-hybridized carbons (Fsp3) is 0.556. The van der Waals surface area contributed by atoms with Gasteiger partial charge in [0.05, 0.1) is 6.61 Å². The number of nitrogens with zero attached hydrogens (tertiary/aromatic N) is 1. The molecule has 0 bridgehead atoms. The topological polar surface area (TPSA) is 58.6 Å². The minimum Gasteiger partial charge on any atom is -0.494 e. The standard InChI is InChI=1S/C18H23F3N2O3/c19-18(20,21)17(25)23-10-8-14(9-11-23)13-22-16(24)7-4-12-26-15-5-2-1-3-6-15/h1-3,5-6,14H,4,7-13H2,(H,22,24). The van der Waals surface area contributed by atoms with E-state index in [-0.39, 0.29) is 24.9 Å². The Morgan fingerprint density at radius 3 is 2.42 bits per heavy atom. The Labute approximate surface area is 150 Å². The van der Waals surface area contributed by atoms with E-state index in [2.05, 4.69) is 5.32 Å². The maximum Gasteiger partial charge on any atom is 0.471 e. The number of ether oxygens (including phenoxy) is 1. The Hall–Kier alpha value is -2.25. The lowest BCUT2D eigenvalue weighted by atomic mass is 9.96. The van der Waals surface area contributed by atoms with Crippen molar-refractivity contribution >= 4 is 11.8 Å². The van der Waals surface area contributed by atoms with Crippen LogP contribution in [0.4, 0.5) is 13.2 Å². The molecule has 1 aromatic rings. The van der Waals surface area contributed by atoms with Gasteiger partial charge < -0.3 is 15.0 Å². The number of hydrogen-bond donors (Lipinski definition) is 1. The summed E-state index contributed by atoms with van der Waals surface area (Å²) in [4.78, 5) is 23.8. The van der Waals surface area contributed by atoms with E-state index in [0.717, 1.165) is 10.6 Å². The second-order valence-corrected chi connectivity index (χ2v) is 6.30. The van der Waals surface area contributed by atoms with E-state index in [1.807, 2.05) is 30.3 Å². The van der Waals surface area contributed by atoms with E-state index < -0.39 is 12.1 Å². The van der Waals surface area contributed by atoms with Crippen LogP contribution in [0, 0.1) is 5.92 Å². The first-order valence-electron chi connectivity index (χ1n) is 8.67. The lowest BCUT2D eigenvalue weighted by Gasteiger charge is -2.32. The van der Waals surface area contributed by atoms with Crippen LogP contribution in [0.15, 0.2) is 30.3 Å². The van der Waals surface area contributed by atoms with E-state index in [4.69, 9.17) is 4.74 Å². The van der Waals surface area contributed by atoms with Crippen molar-refractivity contribution in [3.63, 3.8) is 0 Å². The number of nitrogens with one attached hydrogen (secondary N) is 1. The highest BCUT2D eigenvalue weighted by Crippen LogP contribution is 2.23. The molecule has 2 amide bonds. The van der Waals surface area contributed by atoms with Gasteiger partial charge in [-0.05, 0) is 37.3 Å².